The molecule has 0 aromatic heterocycles. The first-order valence-electron chi connectivity index (χ1n) is 7.40. The van der Waals surface area contributed by atoms with Gasteiger partial charge in [0.1, 0.15) is 17.7 Å². The molecule has 2 rings (SSSR count). The molecule has 0 bridgehead atoms. The van der Waals surface area contributed by atoms with E-state index in [1.807, 2.05) is 37.3 Å². The van der Waals surface area contributed by atoms with Crippen molar-refractivity contribution >= 4 is 0 Å². The lowest BCUT2D eigenvalue weighted by Crippen LogP contribution is -2.31. The van der Waals surface area contributed by atoms with Gasteiger partial charge in [-0.25, -0.2) is 4.39 Å². The van der Waals surface area contributed by atoms with Crippen LogP contribution in [0.25, 0.3) is 0 Å². The lowest BCUT2D eigenvalue weighted by atomic mass is 10.0. The third-order valence-electron chi connectivity index (χ3n) is 3.63. The molecule has 0 heterocycles. The molecule has 2 aromatic carbocycles. The van der Waals surface area contributed by atoms with Gasteiger partial charge in [0.15, 0.2) is 0 Å². The number of aryl methyl sites for hydroxylation is 1. The van der Waals surface area contributed by atoms with E-state index in [9.17, 15) is 4.39 Å². The summed E-state index contributed by atoms with van der Waals surface area (Å²) in [6.07, 6.45) is 1.40. The number of ether oxygens (including phenoxy) is 1. The van der Waals surface area contributed by atoms with Gasteiger partial charge in [-0.15, -0.1) is 0 Å². The van der Waals surface area contributed by atoms with Gasteiger partial charge < -0.3 is 10.5 Å². The summed E-state index contributed by atoms with van der Waals surface area (Å²) in [7, 11) is 0. The Morgan fingerprint density at radius 1 is 1.10 bits per heavy atom. The monoisotopic (exact) mass is 287 g/mol. The highest BCUT2D eigenvalue weighted by Crippen LogP contribution is 2.26. The Kier molecular flexibility index (Phi) is 5.34. The molecule has 0 spiro atoms. The van der Waals surface area contributed by atoms with Crippen LogP contribution in [0.15, 0.2) is 48.5 Å². The molecule has 0 saturated heterocycles. The molecular formula is C18H22FNO. The molecule has 0 fully saturated rings. The van der Waals surface area contributed by atoms with E-state index >= 15 is 0 Å². The summed E-state index contributed by atoms with van der Waals surface area (Å²) >= 11 is 0. The second-order valence-electron chi connectivity index (χ2n) is 5.16. The summed E-state index contributed by atoms with van der Waals surface area (Å²) in [6.45, 7) is 4.11. The van der Waals surface area contributed by atoms with E-state index in [-0.39, 0.29) is 18.0 Å². The van der Waals surface area contributed by atoms with Crippen molar-refractivity contribution in [3.63, 3.8) is 0 Å². The zero-order valence-electron chi connectivity index (χ0n) is 12.6. The minimum Gasteiger partial charge on any atom is -0.484 e. The van der Waals surface area contributed by atoms with Gasteiger partial charge >= 0.3 is 0 Å². The Morgan fingerprint density at radius 2 is 1.81 bits per heavy atom. The van der Waals surface area contributed by atoms with E-state index in [1.165, 1.54) is 17.7 Å². The summed E-state index contributed by atoms with van der Waals surface area (Å²) in [4.78, 5) is 0. The second kappa shape index (κ2) is 7.23. The fourth-order valence-electron chi connectivity index (χ4n) is 2.25. The van der Waals surface area contributed by atoms with Crippen molar-refractivity contribution < 1.29 is 9.13 Å². The fourth-order valence-corrected chi connectivity index (χ4v) is 2.25. The molecule has 0 aliphatic carbocycles. The lowest BCUT2D eigenvalue weighted by Gasteiger charge is -2.25. The minimum atomic E-state index is -0.349. The Labute approximate surface area is 125 Å². The first kappa shape index (κ1) is 15.5. The largest absolute Gasteiger partial charge is 0.484 e. The predicted molar refractivity (Wildman–Crippen MR) is 83.9 cm³/mol. The summed E-state index contributed by atoms with van der Waals surface area (Å²) in [6, 6.07) is 14.2. The molecule has 0 aliphatic rings. The van der Waals surface area contributed by atoms with Crippen LogP contribution in [0.5, 0.6) is 5.75 Å². The third kappa shape index (κ3) is 4.05. The standard InChI is InChI=1S/C18H22FNO/c1-3-13-8-10-16(11-9-13)21-18(17(20)4-2)14-6-5-7-15(19)12-14/h5-12,17-18H,3-4,20H2,1-2H3. The van der Waals surface area contributed by atoms with Gasteiger partial charge in [0, 0.05) is 6.04 Å². The third-order valence-corrected chi connectivity index (χ3v) is 3.63. The first-order valence-corrected chi connectivity index (χ1v) is 7.40. The molecule has 0 amide bonds. The van der Waals surface area contributed by atoms with Crippen LogP contribution in [-0.2, 0) is 6.42 Å². The molecule has 112 valence electrons. The lowest BCUT2D eigenvalue weighted by molar-refractivity contribution is 0.170. The van der Waals surface area contributed by atoms with Crippen molar-refractivity contribution in [3.8, 4) is 5.75 Å². The van der Waals surface area contributed by atoms with Crippen molar-refractivity contribution in [1.82, 2.24) is 0 Å². The van der Waals surface area contributed by atoms with Crippen molar-refractivity contribution in [2.45, 2.75) is 38.8 Å². The second-order valence-corrected chi connectivity index (χ2v) is 5.16. The van der Waals surface area contributed by atoms with Crippen LogP contribution >= 0.6 is 0 Å². The maximum absolute atomic E-state index is 13.4. The molecule has 0 radical (unpaired) electrons. The van der Waals surface area contributed by atoms with Crippen molar-refractivity contribution in [3.05, 3.63) is 65.5 Å². The number of hydrogen-bond donors (Lipinski definition) is 1. The molecule has 0 aliphatic heterocycles. The molecule has 2 unspecified atom stereocenters. The highest BCUT2D eigenvalue weighted by Gasteiger charge is 2.21. The van der Waals surface area contributed by atoms with Crippen LogP contribution in [0.2, 0.25) is 0 Å². The average Bonchev–Trinajstić information content (AvgIpc) is 2.52. The SMILES string of the molecule is CCc1ccc(OC(c2cccc(F)c2)C(N)CC)cc1. The van der Waals surface area contributed by atoms with Gasteiger partial charge in [-0.05, 0) is 48.2 Å². The van der Waals surface area contributed by atoms with Gasteiger partial charge in [-0.1, -0.05) is 38.1 Å². The molecule has 2 nitrogen and oxygen atoms in total. The van der Waals surface area contributed by atoms with Crippen LogP contribution in [0, 0.1) is 5.82 Å². The molecule has 2 atom stereocenters. The maximum Gasteiger partial charge on any atom is 0.139 e. The summed E-state index contributed by atoms with van der Waals surface area (Å²) < 4.78 is 19.5. The van der Waals surface area contributed by atoms with E-state index in [0.717, 1.165) is 24.2 Å². The van der Waals surface area contributed by atoms with E-state index in [0.29, 0.717) is 0 Å². The average molecular weight is 287 g/mol. The molecular weight excluding hydrogens is 265 g/mol. The number of rotatable bonds is 6. The van der Waals surface area contributed by atoms with Gasteiger partial charge in [-0.2, -0.15) is 0 Å². The van der Waals surface area contributed by atoms with Crippen molar-refractivity contribution in [2.75, 3.05) is 0 Å². The van der Waals surface area contributed by atoms with Crippen LogP contribution in [-0.4, -0.2) is 6.04 Å². The van der Waals surface area contributed by atoms with E-state index in [1.54, 1.807) is 6.07 Å². The highest BCUT2D eigenvalue weighted by atomic mass is 19.1. The topological polar surface area (TPSA) is 35.2 Å². The summed E-state index contributed by atoms with van der Waals surface area (Å²) in [5.74, 6) is 0.482. The van der Waals surface area contributed by atoms with E-state index in [2.05, 4.69) is 6.92 Å². The first-order chi connectivity index (χ1) is 10.1. The van der Waals surface area contributed by atoms with Gasteiger partial charge in [-0.3, -0.25) is 0 Å². The van der Waals surface area contributed by atoms with Gasteiger partial charge in [0.25, 0.3) is 0 Å². The zero-order chi connectivity index (χ0) is 15.2. The van der Waals surface area contributed by atoms with Gasteiger partial charge in [0.05, 0.1) is 0 Å². The molecule has 2 aromatic rings. The smallest absolute Gasteiger partial charge is 0.139 e. The molecule has 21 heavy (non-hydrogen) atoms. The Morgan fingerprint density at radius 3 is 2.38 bits per heavy atom. The van der Waals surface area contributed by atoms with E-state index in [4.69, 9.17) is 10.5 Å². The van der Waals surface area contributed by atoms with E-state index < -0.39 is 0 Å². The number of nitrogens with two attached hydrogens (primary N) is 1. The highest BCUT2D eigenvalue weighted by molar-refractivity contribution is 5.29. The molecule has 2 N–H and O–H groups in total. The normalized spacial score (nSPS) is 13.7. The summed E-state index contributed by atoms with van der Waals surface area (Å²) in [5.41, 5.74) is 8.18. The van der Waals surface area contributed by atoms with Crippen LogP contribution in [0.3, 0.4) is 0 Å². The number of benzene rings is 2. The van der Waals surface area contributed by atoms with Crippen LogP contribution in [0.4, 0.5) is 4.39 Å². The van der Waals surface area contributed by atoms with Crippen molar-refractivity contribution in [2.24, 2.45) is 5.73 Å². The Balaban J connectivity index is 2.23. The molecule has 0 saturated carbocycles. The van der Waals surface area contributed by atoms with Gasteiger partial charge in [0.2, 0.25) is 0 Å². The van der Waals surface area contributed by atoms with Crippen LogP contribution < -0.4 is 10.5 Å². The predicted octanol–water partition coefficient (Wildman–Crippen LogP) is 4.25. The maximum atomic E-state index is 13.4. The summed E-state index contributed by atoms with van der Waals surface area (Å²) in [5, 5.41) is 0. The zero-order valence-corrected chi connectivity index (χ0v) is 12.6. The molecule has 3 heteroatoms. The Hall–Kier alpha value is -1.87. The quantitative estimate of drug-likeness (QED) is 0.862. The van der Waals surface area contributed by atoms with Crippen molar-refractivity contribution in [1.29, 1.82) is 0 Å². The minimum absolute atomic E-state index is 0.183. The van der Waals surface area contributed by atoms with Crippen LogP contribution in [0.1, 0.15) is 37.5 Å². The number of hydrogen-bond acceptors (Lipinski definition) is 2. The fraction of sp³-hybridized carbons (Fsp3) is 0.333. The number of halogens is 1. The Bertz CT molecular complexity index is 568.